The molecule has 0 amide bonds. The van der Waals surface area contributed by atoms with Crippen LogP contribution in [-0.4, -0.2) is 10.1 Å². The normalized spacial score (nSPS) is 19.1. The van der Waals surface area contributed by atoms with Crippen LogP contribution in [0.3, 0.4) is 0 Å². The predicted molar refractivity (Wildman–Crippen MR) is 64.1 cm³/mol. The summed E-state index contributed by atoms with van der Waals surface area (Å²) in [5, 5.41) is 11.7. The zero-order valence-corrected chi connectivity index (χ0v) is 9.19. The average molecular weight is 213 g/mol. The van der Waals surface area contributed by atoms with Crippen molar-refractivity contribution in [2.75, 3.05) is 0 Å². The molecule has 2 heteroatoms. The van der Waals surface area contributed by atoms with Crippen molar-refractivity contribution in [1.82, 2.24) is 4.98 Å². The minimum atomic E-state index is -0.645. The van der Waals surface area contributed by atoms with Gasteiger partial charge in [0.25, 0.3) is 0 Å². The third-order valence-corrected chi connectivity index (χ3v) is 3.56. The lowest BCUT2D eigenvalue weighted by Gasteiger charge is -2.23. The smallest absolute Gasteiger partial charge is 0.0917 e. The Morgan fingerprint density at radius 1 is 1.06 bits per heavy atom. The van der Waals surface area contributed by atoms with Gasteiger partial charge in [-0.05, 0) is 18.9 Å². The highest BCUT2D eigenvalue weighted by atomic mass is 16.3. The molecule has 16 heavy (non-hydrogen) atoms. The van der Waals surface area contributed by atoms with Gasteiger partial charge in [0.2, 0.25) is 0 Å². The molecule has 0 unspecified atom stereocenters. The lowest BCUT2D eigenvalue weighted by atomic mass is 9.90. The van der Waals surface area contributed by atoms with Crippen molar-refractivity contribution < 1.29 is 5.11 Å². The molecule has 82 valence electrons. The Morgan fingerprint density at radius 2 is 1.81 bits per heavy atom. The second-order valence-corrected chi connectivity index (χ2v) is 4.62. The van der Waals surface area contributed by atoms with E-state index >= 15 is 0 Å². The third kappa shape index (κ3) is 1.41. The van der Waals surface area contributed by atoms with Gasteiger partial charge in [0.15, 0.2) is 0 Å². The molecule has 2 aromatic rings. The van der Waals surface area contributed by atoms with E-state index in [4.69, 9.17) is 0 Å². The molecular weight excluding hydrogens is 198 g/mol. The SMILES string of the molecule is OC1(c2cccc3cccnc23)CCCC1. The molecule has 1 fully saturated rings. The van der Waals surface area contributed by atoms with E-state index in [9.17, 15) is 5.11 Å². The van der Waals surface area contributed by atoms with Crippen LogP contribution >= 0.6 is 0 Å². The standard InChI is InChI=1S/C14H15NO/c16-14(8-1-2-9-14)12-7-3-5-11-6-4-10-15-13(11)12/h3-7,10,16H,1-2,8-9H2. The van der Waals surface area contributed by atoms with E-state index < -0.39 is 5.60 Å². The van der Waals surface area contributed by atoms with Gasteiger partial charge in [-0.3, -0.25) is 4.98 Å². The highest BCUT2D eigenvalue weighted by Crippen LogP contribution is 2.40. The van der Waals surface area contributed by atoms with E-state index in [1.54, 1.807) is 6.20 Å². The van der Waals surface area contributed by atoms with Gasteiger partial charge in [0, 0.05) is 17.1 Å². The van der Waals surface area contributed by atoms with E-state index in [-0.39, 0.29) is 0 Å². The fraction of sp³-hybridized carbons (Fsp3) is 0.357. The highest BCUT2D eigenvalue weighted by molar-refractivity contribution is 5.82. The van der Waals surface area contributed by atoms with Crippen LogP contribution in [0.25, 0.3) is 10.9 Å². The largest absolute Gasteiger partial charge is 0.385 e. The van der Waals surface area contributed by atoms with E-state index in [1.807, 2.05) is 30.3 Å². The molecule has 1 aromatic heterocycles. The first-order valence-electron chi connectivity index (χ1n) is 5.86. The van der Waals surface area contributed by atoms with Crippen LogP contribution in [-0.2, 0) is 5.60 Å². The zero-order valence-electron chi connectivity index (χ0n) is 9.19. The molecule has 1 saturated carbocycles. The quantitative estimate of drug-likeness (QED) is 0.790. The zero-order chi connectivity index (χ0) is 11.0. The fourth-order valence-electron chi connectivity index (χ4n) is 2.71. The van der Waals surface area contributed by atoms with Gasteiger partial charge in [0.1, 0.15) is 0 Å². The van der Waals surface area contributed by atoms with Gasteiger partial charge in [-0.15, -0.1) is 0 Å². The number of hydrogen-bond acceptors (Lipinski definition) is 2. The van der Waals surface area contributed by atoms with Gasteiger partial charge < -0.3 is 5.11 Å². The Bertz CT molecular complexity index is 510. The Kier molecular flexibility index (Phi) is 2.18. The van der Waals surface area contributed by atoms with Crippen LogP contribution in [0, 0.1) is 0 Å². The Labute approximate surface area is 94.9 Å². The number of para-hydroxylation sites is 1. The van der Waals surface area contributed by atoms with Gasteiger partial charge in [0.05, 0.1) is 11.1 Å². The van der Waals surface area contributed by atoms with E-state index in [1.165, 1.54) is 0 Å². The second kappa shape index (κ2) is 3.56. The summed E-state index contributed by atoms with van der Waals surface area (Å²) < 4.78 is 0. The molecule has 0 bridgehead atoms. The minimum absolute atomic E-state index is 0.645. The van der Waals surface area contributed by atoms with Crippen LogP contribution in [0.5, 0.6) is 0 Å². The molecule has 0 spiro atoms. The maximum Gasteiger partial charge on any atom is 0.0917 e. The molecular formula is C14H15NO. The summed E-state index contributed by atoms with van der Waals surface area (Å²) >= 11 is 0. The maximum atomic E-state index is 10.6. The molecule has 1 heterocycles. The summed E-state index contributed by atoms with van der Waals surface area (Å²) in [6.07, 6.45) is 5.75. The number of benzene rings is 1. The molecule has 0 atom stereocenters. The number of nitrogens with zero attached hydrogens (tertiary/aromatic N) is 1. The van der Waals surface area contributed by atoms with E-state index in [0.29, 0.717) is 0 Å². The molecule has 0 radical (unpaired) electrons. The minimum Gasteiger partial charge on any atom is -0.385 e. The first kappa shape index (κ1) is 9.79. The summed E-state index contributed by atoms with van der Waals surface area (Å²) in [5.74, 6) is 0. The van der Waals surface area contributed by atoms with Crippen LogP contribution < -0.4 is 0 Å². The highest BCUT2D eigenvalue weighted by Gasteiger charge is 2.34. The van der Waals surface area contributed by atoms with Crippen molar-refractivity contribution in [3.63, 3.8) is 0 Å². The third-order valence-electron chi connectivity index (χ3n) is 3.56. The van der Waals surface area contributed by atoms with Gasteiger partial charge >= 0.3 is 0 Å². The molecule has 1 N–H and O–H groups in total. The number of pyridine rings is 1. The van der Waals surface area contributed by atoms with Crippen molar-refractivity contribution in [2.24, 2.45) is 0 Å². The van der Waals surface area contributed by atoms with Crippen molar-refractivity contribution in [3.8, 4) is 0 Å². The van der Waals surface area contributed by atoms with Crippen molar-refractivity contribution in [2.45, 2.75) is 31.3 Å². The lowest BCUT2D eigenvalue weighted by molar-refractivity contribution is 0.0458. The average Bonchev–Trinajstić information content (AvgIpc) is 2.77. The summed E-state index contributed by atoms with van der Waals surface area (Å²) in [7, 11) is 0. The Balaban J connectivity index is 2.23. The van der Waals surface area contributed by atoms with Crippen molar-refractivity contribution >= 4 is 10.9 Å². The van der Waals surface area contributed by atoms with Crippen LogP contribution in [0.2, 0.25) is 0 Å². The summed E-state index contributed by atoms with van der Waals surface area (Å²) in [4.78, 5) is 4.41. The first-order valence-corrected chi connectivity index (χ1v) is 5.86. The fourth-order valence-corrected chi connectivity index (χ4v) is 2.71. The molecule has 1 aliphatic rings. The van der Waals surface area contributed by atoms with Gasteiger partial charge in [-0.25, -0.2) is 0 Å². The number of aliphatic hydroxyl groups is 1. The molecule has 2 nitrogen and oxygen atoms in total. The summed E-state index contributed by atoms with van der Waals surface area (Å²) in [6, 6.07) is 10.1. The summed E-state index contributed by atoms with van der Waals surface area (Å²) in [6.45, 7) is 0. The number of rotatable bonds is 1. The molecule has 1 aromatic carbocycles. The number of fused-ring (bicyclic) bond motifs is 1. The molecule has 3 rings (SSSR count). The van der Waals surface area contributed by atoms with Crippen molar-refractivity contribution in [1.29, 1.82) is 0 Å². The number of hydrogen-bond donors (Lipinski definition) is 1. The predicted octanol–water partition coefficient (Wildman–Crippen LogP) is 3.00. The maximum absolute atomic E-state index is 10.6. The second-order valence-electron chi connectivity index (χ2n) is 4.62. The number of aromatic nitrogens is 1. The van der Waals surface area contributed by atoms with Crippen molar-refractivity contribution in [3.05, 3.63) is 42.1 Å². The first-order chi connectivity index (χ1) is 7.80. The molecule has 0 saturated heterocycles. The van der Waals surface area contributed by atoms with E-state index in [0.717, 1.165) is 42.1 Å². The van der Waals surface area contributed by atoms with Crippen LogP contribution in [0.15, 0.2) is 36.5 Å². The van der Waals surface area contributed by atoms with Crippen LogP contribution in [0.4, 0.5) is 0 Å². The Hall–Kier alpha value is -1.41. The van der Waals surface area contributed by atoms with Gasteiger partial charge in [-0.1, -0.05) is 37.1 Å². The van der Waals surface area contributed by atoms with Crippen LogP contribution in [0.1, 0.15) is 31.2 Å². The van der Waals surface area contributed by atoms with E-state index in [2.05, 4.69) is 4.98 Å². The molecule has 0 aliphatic heterocycles. The monoisotopic (exact) mass is 213 g/mol. The molecule has 1 aliphatic carbocycles. The topological polar surface area (TPSA) is 33.1 Å². The van der Waals surface area contributed by atoms with Gasteiger partial charge in [-0.2, -0.15) is 0 Å². The Morgan fingerprint density at radius 3 is 2.62 bits per heavy atom. The summed E-state index contributed by atoms with van der Waals surface area (Å²) in [5.41, 5.74) is 1.31. The lowest BCUT2D eigenvalue weighted by Crippen LogP contribution is -2.21.